The fourth-order valence-electron chi connectivity index (χ4n) is 1.73. The molecule has 1 aliphatic rings. The van der Waals surface area contributed by atoms with E-state index in [1.807, 2.05) is 13.1 Å². The molecule has 3 heteroatoms. The Morgan fingerprint density at radius 2 is 2.21 bits per heavy atom. The van der Waals surface area contributed by atoms with Gasteiger partial charge in [-0.3, -0.25) is 0 Å². The molecule has 1 unspecified atom stereocenters. The van der Waals surface area contributed by atoms with Crippen molar-refractivity contribution >= 4 is 0 Å². The van der Waals surface area contributed by atoms with Gasteiger partial charge in [-0.25, -0.2) is 9.97 Å². The van der Waals surface area contributed by atoms with Crippen LogP contribution in [0.5, 0.6) is 0 Å². The molecule has 76 valence electrons. The molecule has 0 aromatic carbocycles. The van der Waals surface area contributed by atoms with Crippen LogP contribution >= 0.6 is 0 Å². The molecule has 0 radical (unpaired) electrons. The van der Waals surface area contributed by atoms with Crippen LogP contribution in [-0.2, 0) is 6.61 Å². The smallest absolute Gasteiger partial charge is 0.132 e. The van der Waals surface area contributed by atoms with Gasteiger partial charge in [-0.1, -0.05) is 13.8 Å². The van der Waals surface area contributed by atoms with Crippen molar-refractivity contribution in [1.29, 1.82) is 0 Å². The minimum absolute atomic E-state index is 0.00843. The van der Waals surface area contributed by atoms with Crippen molar-refractivity contribution in [1.82, 2.24) is 9.97 Å². The van der Waals surface area contributed by atoms with E-state index in [1.165, 1.54) is 0 Å². The van der Waals surface area contributed by atoms with Gasteiger partial charge in [-0.2, -0.15) is 0 Å². The van der Waals surface area contributed by atoms with Crippen LogP contribution in [-0.4, -0.2) is 15.1 Å². The fourth-order valence-corrected chi connectivity index (χ4v) is 1.73. The summed E-state index contributed by atoms with van der Waals surface area (Å²) >= 11 is 0. The Labute approximate surface area is 84.2 Å². The van der Waals surface area contributed by atoms with E-state index in [0.29, 0.717) is 11.3 Å². The van der Waals surface area contributed by atoms with Gasteiger partial charge < -0.3 is 5.11 Å². The van der Waals surface area contributed by atoms with Gasteiger partial charge in [0.15, 0.2) is 0 Å². The fraction of sp³-hybridized carbons (Fsp3) is 0.636. The third kappa shape index (κ3) is 1.52. The first-order valence-electron chi connectivity index (χ1n) is 4.98. The predicted molar refractivity (Wildman–Crippen MR) is 53.8 cm³/mol. The van der Waals surface area contributed by atoms with Crippen LogP contribution in [0.3, 0.4) is 0 Å². The van der Waals surface area contributed by atoms with E-state index in [0.717, 1.165) is 23.5 Å². The normalized spacial score (nSPS) is 23.6. The highest BCUT2D eigenvalue weighted by atomic mass is 16.3. The summed E-state index contributed by atoms with van der Waals surface area (Å²) in [5, 5.41) is 9.08. The Bertz CT molecular complexity index is 360. The number of hydrogen-bond acceptors (Lipinski definition) is 3. The molecule has 0 bridgehead atoms. The van der Waals surface area contributed by atoms with E-state index in [1.54, 1.807) is 0 Å². The lowest BCUT2D eigenvalue weighted by atomic mass is 10.1. The van der Waals surface area contributed by atoms with Gasteiger partial charge in [-0.15, -0.1) is 0 Å². The van der Waals surface area contributed by atoms with Gasteiger partial charge in [0.2, 0.25) is 0 Å². The van der Waals surface area contributed by atoms with Crippen LogP contribution < -0.4 is 0 Å². The van der Waals surface area contributed by atoms with Crippen molar-refractivity contribution in [2.45, 2.75) is 39.7 Å². The highest BCUT2D eigenvalue weighted by Crippen LogP contribution is 2.57. The maximum atomic E-state index is 9.08. The van der Waals surface area contributed by atoms with Crippen LogP contribution in [0.2, 0.25) is 0 Å². The number of hydrogen-bond donors (Lipinski definition) is 1. The summed E-state index contributed by atoms with van der Waals surface area (Å²) in [6.45, 7) is 6.38. The summed E-state index contributed by atoms with van der Waals surface area (Å²) < 4.78 is 0. The minimum Gasteiger partial charge on any atom is -0.390 e. The second-order valence-electron chi connectivity index (χ2n) is 4.76. The number of nitrogens with zero attached hydrogens (tertiary/aromatic N) is 2. The van der Waals surface area contributed by atoms with Crippen LogP contribution in [0.25, 0.3) is 0 Å². The van der Waals surface area contributed by atoms with Crippen LogP contribution in [0, 0.1) is 12.3 Å². The zero-order valence-corrected chi connectivity index (χ0v) is 8.91. The summed E-state index contributed by atoms with van der Waals surface area (Å²) in [6.07, 6.45) is 2.96. The predicted octanol–water partition coefficient (Wildman–Crippen LogP) is 1.79. The number of aliphatic hydroxyl groups excluding tert-OH is 1. The number of aliphatic hydroxyl groups is 1. The van der Waals surface area contributed by atoms with Crippen molar-refractivity contribution in [3.63, 3.8) is 0 Å². The Morgan fingerprint density at radius 1 is 1.57 bits per heavy atom. The molecule has 1 heterocycles. The van der Waals surface area contributed by atoms with E-state index in [-0.39, 0.29) is 6.61 Å². The lowest BCUT2D eigenvalue weighted by molar-refractivity contribution is 0.275. The van der Waals surface area contributed by atoms with Gasteiger partial charge in [0.25, 0.3) is 0 Å². The lowest BCUT2D eigenvalue weighted by Gasteiger charge is -2.05. The van der Waals surface area contributed by atoms with Crippen LogP contribution in [0.15, 0.2) is 6.20 Å². The van der Waals surface area contributed by atoms with E-state index < -0.39 is 0 Å². The van der Waals surface area contributed by atoms with Gasteiger partial charge in [-0.05, 0) is 24.3 Å². The quantitative estimate of drug-likeness (QED) is 0.777. The molecule has 1 saturated carbocycles. The molecule has 3 nitrogen and oxygen atoms in total. The SMILES string of the molecule is Cc1cnc(C2CC2(C)C)nc1CO. The Balaban J connectivity index is 2.29. The molecule has 0 spiro atoms. The molecule has 1 aromatic heterocycles. The largest absolute Gasteiger partial charge is 0.390 e. The second kappa shape index (κ2) is 3.02. The zero-order chi connectivity index (χ0) is 10.3. The summed E-state index contributed by atoms with van der Waals surface area (Å²) in [7, 11) is 0. The van der Waals surface area contributed by atoms with E-state index in [4.69, 9.17) is 5.11 Å². The Hall–Kier alpha value is -0.960. The van der Waals surface area contributed by atoms with Crippen molar-refractivity contribution in [2.24, 2.45) is 5.41 Å². The third-order valence-electron chi connectivity index (χ3n) is 3.07. The van der Waals surface area contributed by atoms with Crippen molar-refractivity contribution in [3.8, 4) is 0 Å². The van der Waals surface area contributed by atoms with E-state index in [9.17, 15) is 0 Å². The first kappa shape index (κ1) is 9.59. The molecule has 0 aliphatic heterocycles. The van der Waals surface area contributed by atoms with Gasteiger partial charge in [0.05, 0.1) is 12.3 Å². The molecule has 1 fully saturated rings. The maximum Gasteiger partial charge on any atom is 0.132 e. The molecule has 1 aliphatic carbocycles. The van der Waals surface area contributed by atoms with E-state index in [2.05, 4.69) is 23.8 Å². The molecule has 0 amide bonds. The van der Waals surface area contributed by atoms with Gasteiger partial charge in [0.1, 0.15) is 5.82 Å². The van der Waals surface area contributed by atoms with E-state index >= 15 is 0 Å². The van der Waals surface area contributed by atoms with Crippen molar-refractivity contribution in [3.05, 3.63) is 23.3 Å². The second-order valence-corrected chi connectivity index (χ2v) is 4.76. The molecular formula is C11H16N2O. The first-order chi connectivity index (χ1) is 6.54. The van der Waals surface area contributed by atoms with Gasteiger partial charge in [0, 0.05) is 12.1 Å². The number of aryl methyl sites for hydroxylation is 1. The molecule has 1 aromatic rings. The molecule has 2 rings (SSSR count). The molecule has 0 saturated heterocycles. The topological polar surface area (TPSA) is 46.0 Å². The third-order valence-corrected chi connectivity index (χ3v) is 3.07. The summed E-state index contributed by atoms with van der Waals surface area (Å²) in [5.74, 6) is 1.37. The average Bonchev–Trinajstić information content (AvgIpc) is 2.76. The summed E-state index contributed by atoms with van der Waals surface area (Å²) in [6, 6.07) is 0. The zero-order valence-electron chi connectivity index (χ0n) is 8.91. The minimum atomic E-state index is 0.00843. The molecule has 1 atom stereocenters. The van der Waals surface area contributed by atoms with Crippen molar-refractivity contribution < 1.29 is 5.11 Å². The number of aromatic nitrogens is 2. The molecular weight excluding hydrogens is 176 g/mol. The monoisotopic (exact) mass is 192 g/mol. The Morgan fingerprint density at radius 3 is 2.71 bits per heavy atom. The highest BCUT2D eigenvalue weighted by Gasteiger charge is 2.48. The van der Waals surface area contributed by atoms with Gasteiger partial charge >= 0.3 is 0 Å². The highest BCUT2D eigenvalue weighted by molar-refractivity contribution is 5.21. The van der Waals surface area contributed by atoms with Crippen LogP contribution in [0.1, 0.15) is 43.3 Å². The first-order valence-corrected chi connectivity index (χ1v) is 4.98. The molecule has 14 heavy (non-hydrogen) atoms. The Kier molecular flexibility index (Phi) is 2.07. The maximum absolute atomic E-state index is 9.08. The van der Waals surface area contributed by atoms with Crippen molar-refractivity contribution in [2.75, 3.05) is 0 Å². The standard InChI is InChI=1S/C11H16N2O/c1-7-5-12-10(13-9(7)6-14)8-4-11(8,2)3/h5,8,14H,4,6H2,1-3H3. The summed E-state index contributed by atoms with van der Waals surface area (Å²) in [4.78, 5) is 8.71. The number of rotatable bonds is 2. The average molecular weight is 192 g/mol. The molecule has 1 N–H and O–H groups in total. The summed E-state index contributed by atoms with van der Waals surface area (Å²) in [5.41, 5.74) is 2.08. The van der Waals surface area contributed by atoms with Crippen LogP contribution in [0.4, 0.5) is 0 Å². The lowest BCUT2D eigenvalue weighted by Crippen LogP contribution is -2.03.